The van der Waals surface area contributed by atoms with E-state index >= 15 is 4.39 Å². The molecule has 0 spiro atoms. The average molecular weight is 475 g/mol. The van der Waals surface area contributed by atoms with Crippen molar-refractivity contribution in [2.24, 2.45) is 0 Å². The highest BCUT2D eigenvalue weighted by Gasteiger charge is 2.45. The van der Waals surface area contributed by atoms with Gasteiger partial charge in [-0.2, -0.15) is 0 Å². The van der Waals surface area contributed by atoms with Gasteiger partial charge in [0.2, 0.25) is 0 Å². The minimum Gasteiger partial charge on any atom is -0.457 e. The summed E-state index contributed by atoms with van der Waals surface area (Å²) in [6, 6.07) is 3.30. The van der Waals surface area contributed by atoms with E-state index in [1.807, 2.05) is 18.7 Å². The number of hydrogen-bond acceptors (Lipinski definition) is 7. The topological polar surface area (TPSA) is 85.4 Å². The summed E-state index contributed by atoms with van der Waals surface area (Å²) in [6.07, 6.45) is -0.388. The number of carbonyl (C=O) groups excluding carboxylic acids is 3. The van der Waals surface area contributed by atoms with Crippen molar-refractivity contribution < 1.29 is 33.0 Å². The first-order valence-corrected chi connectivity index (χ1v) is 11.6. The number of alkyl halides is 1. The quantitative estimate of drug-likeness (QED) is 0.562. The van der Waals surface area contributed by atoms with Crippen LogP contribution in [0.1, 0.15) is 59.9 Å². The molecule has 1 aromatic rings. The van der Waals surface area contributed by atoms with Gasteiger partial charge in [0, 0.05) is 38.9 Å². The van der Waals surface area contributed by atoms with Crippen molar-refractivity contribution in [3.05, 3.63) is 45.7 Å². The molecular formula is C25H31FN2O6. The molecule has 3 aliphatic heterocycles. The second-order valence-electron chi connectivity index (χ2n) is 9.09. The number of nitrogens with zero attached hydrogens (tertiary/aromatic N) is 2. The van der Waals surface area contributed by atoms with Crippen molar-refractivity contribution in [1.29, 1.82) is 0 Å². The van der Waals surface area contributed by atoms with Crippen LogP contribution in [0.15, 0.2) is 23.4 Å². The molecule has 0 aliphatic carbocycles. The van der Waals surface area contributed by atoms with Crippen LogP contribution in [0, 0.1) is 6.92 Å². The second-order valence-corrected chi connectivity index (χ2v) is 9.09. The fourth-order valence-electron chi connectivity index (χ4n) is 5.07. The Morgan fingerprint density at radius 2 is 1.85 bits per heavy atom. The maximum absolute atomic E-state index is 15.3. The van der Waals surface area contributed by atoms with Gasteiger partial charge in [-0.05, 0) is 50.8 Å². The summed E-state index contributed by atoms with van der Waals surface area (Å²) in [6.45, 7) is 7.12. The van der Waals surface area contributed by atoms with Crippen LogP contribution in [0.25, 0.3) is 0 Å². The van der Waals surface area contributed by atoms with Crippen molar-refractivity contribution in [2.75, 3.05) is 39.9 Å². The molecule has 34 heavy (non-hydrogen) atoms. The summed E-state index contributed by atoms with van der Waals surface area (Å²) in [5, 5.41) is 0. The summed E-state index contributed by atoms with van der Waals surface area (Å²) in [5.74, 6) is -0.989. The minimum atomic E-state index is -1.23. The number of halogens is 1. The van der Waals surface area contributed by atoms with E-state index in [1.165, 1.54) is 4.90 Å². The van der Waals surface area contributed by atoms with Gasteiger partial charge in [0.15, 0.2) is 0 Å². The Bertz CT molecular complexity index is 1040. The van der Waals surface area contributed by atoms with Gasteiger partial charge in [0.25, 0.3) is 5.91 Å². The summed E-state index contributed by atoms with van der Waals surface area (Å²) in [7, 11) is 1.64. The number of benzene rings is 1. The first kappa shape index (κ1) is 24.3. The number of fused-ring (bicyclic) bond motifs is 1. The predicted octanol–water partition coefficient (Wildman–Crippen LogP) is 2.84. The largest absolute Gasteiger partial charge is 0.457 e. The van der Waals surface area contributed by atoms with E-state index in [0.29, 0.717) is 54.9 Å². The molecule has 1 atom stereocenters. The first-order chi connectivity index (χ1) is 16.2. The number of rotatable bonds is 7. The SMILES string of the molecule is CCOC1(C(=O)N(C)C2=C(C)C(=O)OC2)CCN(C[C@H](F)c2ccc3c(c2C)COC3=O)CC1. The number of carbonyl (C=O) groups is 3. The molecule has 8 nitrogen and oxygen atoms in total. The number of ether oxygens (including phenoxy) is 3. The molecule has 3 heterocycles. The van der Waals surface area contributed by atoms with Crippen molar-refractivity contribution in [3.63, 3.8) is 0 Å². The Kier molecular flexibility index (Phi) is 6.78. The highest BCUT2D eigenvalue weighted by Crippen LogP contribution is 2.34. The zero-order valence-electron chi connectivity index (χ0n) is 20.1. The smallest absolute Gasteiger partial charge is 0.338 e. The lowest BCUT2D eigenvalue weighted by molar-refractivity contribution is -0.162. The molecule has 0 N–H and O–H groups in total. The number of likely N-dealkylation sites (N-methyl/N-ethyl adjacent to an activating group) is 1. The Balaban J connectivity index is 1.43. The number of esters is 2. The summed E-state index contributed by atoms with van der Waals surface area (Å²) in [4.78, 5) is 40.4. The Hall–Kier alpha value is -2.78. The molecule has 9 heteroatoms. The van der Waals surface area contributed by atoms with E-state index in [1.54, 1.807) is 26.1 Å². The third-order valence-corrected chi connectivity index (χ3v) is 7.23. The molecule has 184 valence electrons. The van der Waals surface area contributed by atoms with Crippen LogP contribution in [0.4, 0.5) is 4.39 Å². The van der Waals surface area contributed by atoms with Gasteiger partial charge in [0.05, 0.1) is 16.8 Å². The third kappa shape index (κ3) is 4.22. The van der Waals surface area contributed by atoms with E-state index in [-0.39, 0.29) is 31.6 Å². The fourth-order valence-corrected chi connectivity index (χ4v) is 5.07. The molecule has 1 fully saturated rings. The summed E-state index contributed by atoms with van der Waals surface area (Å²) in [5.41, 5.74) is 2.54. The summed E-state index contributed by atoms with van der Waals surface area (Å²) >= 11 is 0. The monoisotopic (exact) mass is 474 g/mol. The van der Waals surface area contributed by atoms with E-state index in [0.717, 1.165) is 11.1 Å². The lowest BCUT2D eigenvalue weighted by Gasteiger charge is -2.42. The van der Waals surface area contributed by atoms with E-state index in [9.17, 15) is 14.4 Å². The molecule has 0 unspecified atom stereocenters. The van der Waals surface area contributed by atoms with Crippen LogP contribution in [0.3, 0.4) is 0 Å². The lowest BCUT2D eigenvalue weighted by Crippen LogP contribution is -2.56. The maximum atomic E-state index is 15.3. The lowest BCUT2D eigenvalue weighted by atomic mass is 9.88. The molecule has 3 aliphatic rings. The van der Waals surface area contributed by atoms with Crippen LogP contribution in [0.5, 0.6) is 0 Å². The number of amides is 1. The number of likely N-dealkylation sites (tertiary alicyclic amines) is 1. The zero-order valence-corrected chi connectivity index (χ0v) is 20.1. The van der Waals surface area contributed by atoms with Gasteiger partial charge >= 0.3 is 11.9 Å². The molecule has 1 saturated heterocycles. The maximum Gasteiger partial charge on any atom is 0.338 e. The number of piperidine rings is 1. The highest BCUT2D eigenvalue weighted by atomic mass is 19.1. The normalized spacial score (nSPS) is 20.7. The molecule has 0 radical (unpaired) electrons. The number of cyclic esters (lactones) is 2. The molecular weight excluding hydrogens is 443 g/mol. The zero-order chi connectivity index (χ0) is 24.6. The highest BCUT2D eigenvalue weighted by molar-refractivity contribution is 5.94. The Morgan fingerprint density at radius 3 is 2.47 bits per heavy atom. The van der Waals surface area contributed by atoms with Crippen molar-refractivity contribution in [3.8, 4) is 0 Å². The molecule has 0 saturated carbocycles. The van der Waals surface area contributed by atoms with Crippen LogP contribution < -0.4 is 0 Å². The predicted molar refractivity (Wildman–Crippen MR) is 121 cm³/mol. The van der Waals surface area contributed by atoms with Crippen LogP contribution in [-0.4, -0.2) is 73.1 Å². The molecule has 0 aromatic heterocycles. The number of hydrogen-bond donors (Lipinski definition) is 0. The molecule has 1 aromatic carbocycles. The van der Waals surface area contributed by atoms with Crippen molar-refractivity contribution >= 4 is 17.8 Å². The Morgan fingerprint density at radius 1 is 1.18 bits per heavy atom. The van der Waals surface area contributed by atoms with Crippen molar-refractivity contribution in [2.45, 2.75) is 52.0 Å². The second kappa shape index (κ2) is 9.46. The molecule has 1 amide bonds. The van der Waals surface area contributed by atoms with Crippen LogP contribution in [0.2, 0.25) is 0 Å². The van der Waals surface area contributed by atoms with Gasteiger partial charge in [-0.15, -0.1) is 0 Å². The van der Waals surface area contributed by atoms with Crippen molar-refractivity contribution in [1.82, 2.24) is 9.80 Å². The van der Waals surface area contributed by atoms with Crippen LogP contribution >= 0.6 is 0 Å². The Labute approximate surface area is 198 Å². The standard InChI is InChI=1S/C25H31FN2O6/c1-5-34-25(24(31)27(4)21-14-33-22(29)16(21)3)8-10-28(11-9-25)12-20(26)17-6-7-18-19(15(17)2)13-32-23(18)30/h6-7,20H,5,8-14H2,1-4H3/t20-/m0/s1. The van der Waals surface area contributed by atoms with Gasteiger partial charge < -0.3 is 19.1 Å². The van der Waals surface area contributed by atoms with E-state index in [2.05, 4.69) is 0 Å². The third-order valence-electron chi connectivity index (χ3n) is 7.23. The van der Waals surface area contributed by atoms with Gasteiger partial charge in [-0.3, -0.25) is 9.69 Å². The fraction of sp³-hybridized carbons (Fsp3) is 0.560. The van der Waals surface area contributed by atoms with Crippen LogP contribution in [-0.2, 0) is 30.4 Å². The molecule has 4 rings (SSSR count). The van der Waals surface area contributed by atoms with Gasteiger partial charge in [-0.25, -0.2) is 14.0 Å². The molecule has 0 bridgehead atoms. The van der Waals surface area contributed by atoms with E-state index < -0.39 is 17.7 Å². The van der Waals surface area contributed by atoms with Gasteiger partial charge in [0.1, 0.15) is 25.0 Å². The van der Waals surface area contributed by atoms with E-state index in [4.69, 9.17) is 14.2 Å². The van der Waals surface area contributed by atoms with Gasteiger partial charge in [-0.1, -0.05) is 6.07 Å². The summed E-state index contributed by atoms with van der Waals surface area (Å²) < 4.78 is 31.4. The minimum absolute atomic E-state index is 0.0710. The first-order valence-electron chi connectivity index (χ1n) is 11.6. The average Bonchev–Trinajstić information content (AvgIpc) is 3.37.